The number of thiophene rings is 1. The summed E-state index contributed by atoms with van der Waals surface area (Å²) in [5.74, 6) is 0.307. The van der Waals surface area contributed by atoms with Gasteiger partial charge in [-0.3, -0.25) is 4.79 Å². The SMILES string of the molecule is Cc1c(-c2ccc(CN)c(O)c2)sc2c1CC(C)(C)CC2.O=CO. The molecule has 1 aliphatic rings. The number of hydrogen-bond acceptors (Lipinski definition) is 4. The fourth-order valence-corrected chi connectivity index (χ4v) is 4.53. The Balaban J connectivity index is 0.000000647. The molecule has 0 atom stereocenters. The minimum absolute atomic E-state index is 0.250. The smallest absolute Gasteiger partial charge is 0.290 e. The molecule has 0 saturated heterocycles. The summed E-state index contributed by atoms with van der Waals surface area (Å²) in [5, 5.41) is 16.9. The molecule has 0 unspecified atom stereocenters. The van der Waals surface area contributed by atoms with Gasteiger partial charge in [-0.2, -0.15) is 0 Å². The van der Waals surface area contributed by atoms with E-state index in [0.29, 0.717) is 17.7 Å². The summed E-state index contributed by atoms with van der Waals surface area (Å²) in [4.78, 5) is 11.2. The lowest BCUT2D eigenvalue weighted by atomic mass is 9.76. The molecular formula is C19H25NO3S. The minimum Gasteiger partial charge on any atom is -0.508 e. The molecule has 0 radical (unpaired) electrons. The normalized spacial score (nSPS) is 15.2. The van der Waals surface area contributed by atoms with Gasteiger partial charge < -0.3 is 15.9 Å². The quantitative estimate of drug-likeness (QED) is 0.714. The Labute approximate surface area is 147 Å². The number of aromatic hydroxyl groups is 1. The van der Waals surface area contributed by atoms with Gasteiger partial charge in [0.25, 0.3) is 6.47 Å². The first kappa shape index (κ1) is 18.5. The second kappa shape index (κ2) is 7.36. The number of aryl methyl sites for hydroxylation is 1. The first-order valence-electron chi connectivity index (χ1n) is 8.04. The molecule has 0 fully saturated rings. The third-order valence-corrected chi connectivity index (χ3v) is 6.05. The minimum atomic E-state index is -0.250. The first-order valence-corrected chi connectivity index (χ1v) is 8.86. The Bertz CT molecular complexity index is 734. The van der Waals surface area contributed by atoms with Crippen molar-refractivity contribution < 1.29 is 15.0 Å². The van der Waals surface area contributed by atoms with Crippen LogP contribution in [0.15, 0.2) is 18.2 Å². The van der Waals surface area contributed by atoms with Crippen molar-refractivity contribution in [1.29, 1.82) is 0 Å². The summed E-state index contributed by atoms with van der Waals surface area (Å²) >= 11 is 1.90. The molecular weight excluding hydrogens is 322 g/mol. The van der Waals surface area contributed by atoms with Crippen LogP contribution in [0.2, 0.25) is 0 Å². The average Bonchev–Trinajstić information content (AvgIpc) is 2.84. The molecule has 0 aliphatic heterocycles. The second-order valence-corrected chi connectivity index (χ2v) is 8.06. The highest BCUT2D eigenvalue weighted by atomic mass is 32.1. The molecule has 0 spiro atoms. The zero-order chi connectivity index (χ0) is 17.9. The van der Waals surface area contributed by atoms with E-state index in [9.17, 15) is 5.11 Å². The third-order valence-electron chi connectivity index (χ3n) is 4.61. The van der Waals surface area contributed by atoms with Gasteiger partial charge in [0.2, 0.25) is 0 Å². The van der Waals surface area contributed by atoms with Gasteiger partial charge in [-0.05, 0) is 54.4 Å². The maximum Gasteiger partial charge on any atom is 0.290 e. The van der Waals surface area contributed by atoms with Crippen molar-refractivity contribution in [2.45, 2.75) is 46.6 Å². The van der Waals surface area contributed by atoms with Crippen LogP contribution in [0.5, 0.6) is 5.75 Å². The van der Waals surface area contributed by atoms with Crippen LogP contribution in [0.3, 0.4) is 0 Å². The Morgan fingerprint density at radius 3 is 2.62 bits per heavy atom. The number of fused-ring (bicyclic) bond motifs is 1. The highest BCUT2D eigenvalue weighted by molar-refractivity contribution is 7.15. The fourth-order valence-electron chi connectivity index (χ4n) is 3.21. The van der Waals surface area contributed by atoms with E-state index in [-0.39, 0.29) is 6.47 Å². The molecule has 3 rings (SSSR count). The maximum atomic E-state index is 10.1. The number of phenolic OH excluding ortho intramolecular Hbond substituents is 1. The van der Waals surface area contributed by atoms with Crippen LogP contribution >= 0.6 is 11.3 Å². The molecule has 0 amide bonds. The second-order valence-electron chi connectivity index (χ2n) is 6.95. The number of nitrogens with two attached hydrogens (primary N) is 1. The molecule has 1 aliphatic carbocycles. The Kier molecular flexibility index (Phi) is 5.67. The summed E-state index contributed by atoms with van der Waals surface area (Å²) in [5.41, 5.74) is 10.9. The van der Waals surface area contributed by atoms with Crippen molar-refractivity contribution in [3.63, 3.8) is 0 Å². The number of phenols is 1. The van der Waals surface area contributed by atoms with Crippen LogP contribution in [0, 0.1) is 12.3 Å². The van der Waals surface area contributed by atoms with Gasteiger partial charge in [0.05, 0.1) is 0 Å². The van der Waals surface area contributed by atoms with E-state index in [1.807, 2.05) is 23.5 Å². The number of hydrogen-bond donors (Lipinski definition) is 3. The highest BCUT2D eigenvalue weighted by Crippen LogP contribution is 2.45. The van der Waals surface area contributed by atoms with E-state index in [2.05, 4.69) is 26.8 Å². The van der Waals surface area contributed by atoms with Gasteiger partial charge in [0, 0.05) is 21.9 Å². The molecule has 1 heterocycles. The van der Waals surface area contributed by atoms with Crippen LogP contribution < -0.4 is 5.73 Å². The van der Waals surface area contributed by atoms with Crippen LogP contribution in [-0.4, -0.2) is 16.7 Å². The molecule has 2 aromatic rings. The number of rotatable bonds is 2. The highest BCUT2D eigenvalue weighted by Gasteiger charge is 2.29. The summed E-state index contributed by atoms with van der Waals surface area (Å²) < 4.78 is 0. The van der Waals surface area contributed by atoms with E-state index in [1.54, 1.807) is 0 Å². The predicted molar refractivity (Wildman–Crippen MR) is 98.5 cm³/mol. The Hall–Kier alpha value is -1.85. The van der Waals surface area contributed by atoms with Crippen LogP contribution in [0.4, 0.5) is 0 Å². The molecule has 130 valence electrons. The summed E-state index contributed by atoms with van der Waals surface area (Å²) in [6.45, 7) is 7.06. The van der Waals surface area contributed by atoms with E-state index >= 15 is 0 Å². The van der Waals surface area contributed by atoms with Crippen molar-refractivity contribution in [2.75, 3.05) is 0 Å². The van der Waals surface area contributed by atoms with E-state index in [4.69, 9.17) is 15.6 Å². The van der Waals surface area contributed by atoms with E-state index < -0.39 is 0 Å². The lowest BCUT2D eigenvalue weighted by Crippen LogP contribution is -2.21. The van der Waals surface area contributed by atoms with Crippen molar-refractivity contribution in [2.24, 2.45) is 11.1 Å². The first-order chi connectivity index (χ1) is 11.3. The van der Waals surface area contributed by atoms with Gasteiger partial charge in [-0.1, -0.05) is 26.0 Å². The molecule has 4 nitrogen and oxygen atoms in total. The number of benzene rings is 1. The maximum absolute atomic E-state index is 10.1. The molecule has 5 heteroatoms. The van der Waals surface area contributed by atoms with Gasteiger partial charge in [-0.15, -0.1) is 11.3 Å². The zero-order valence-electron chi connectivity index (χ0n) is 14.4. The fraction of sp³-hybridized carbons (Fsp3) is 0.421. The lowest BCUT2D eigenvalue weighted by Gasteiger charge is -2.29. The van der Waals surface area contributed by atoms with Crippen molar-refractivity contribution >= 4 is 17.8 Å². The number of carboxylic acid groups (broad SMARTS) is 1. The van der Waals surface area contributed by atoms with Crippen LogP contribution in [0.1, 0.15) is 41.8 Å². The molecule has 4 N–H and O–H groups in total. The van der Waals surface area contributed by atoms with Crippen molar-refractivity contribution in [3.8, 4) is 16.2 Å². The standard InChI is InChI=1S/C18H23NOS.CH2O2/c1-11-14-9-18(2,3)7-6-16(14)21-17(11)12-4-5-13(10-19)15(20)8-12;2-1-3/h4-5,8,20H,6-7,9-10,19H2,1-3H3;1H,(H,2,3). The summed E-state index contributed by atoms with van der Waals surface area (Å²) in [7, 11) is 0. The molecule has 24 heavy (non-hydrogen) atoms. The monoisotopic (exact) mass is 347 g/mol. The van der Waals surface area contributed by atoms with Gasteiger partial charge >= 0.3 is 0 Å². The van der Waals surface area contributed by atoms with E-state index in [0.717, 1.165) is 17.5 Å². The zero-order valence-corrected chi connectivity index (χ0v) is 15.2. The average molecular weight is 347 g/mol. The molecule has 1 aromatic carbocycles. The van der Waals surface area contributed by atoms with Crippen LogP contribution in [0.25, 0.3) is 10.4 Å². The molecule has 0 bridgehead atoms. The largest absolute Gasteiger partial charge is 0.508 e. The molecule has 1 aromatic heterocycles. The summed E-state index contributed by atoms with van der Waals surface area (Å²) in [6, 6.07) is 5.88. The molecule has 0 saturated carbocycles. The van der Waals surface area contributed by atoms with Crippen molar-refractivity contribution in [3.05, 3.63) is 39.8 Å². The predicted octanol–water partition coefficient (Wildman–Crippen LogP) is 4.10. The third kappa shape index (κ3) is 3.79. The Morgan fingerprint density at radius 2 is 2.04 bits per heavy atom. The topological polar surface area (TPSA) is 83.5 Å². The van der Waals surface area contributed by atoms with Gasteiger partial charge in [0.1, 0.15) is 5.75 Å². The van der Waals surface area contributed by atoms with Gasteiger partial charge in [0.15, 0.2) is 0 Å². The van der Waals surface area contributed by atoms with Crippen LogP contribution in [-0.2, 0) is 24.2 Å². The van der Waals surface area contributed by atoms with Crippen molar-refractivity contribution in [1.82, 2.24) is 0 Å². The number of carbonyl (C=O) groups is 1. The lowest BCUT2D eigenvalue weighted by molar-refractivity contribution is -0.122. The van der Waals surface area contributed by atoms with Gasteiger partial charge in [-0.25, -0.2) is 0 Å². The van der Waals surface area contributed by atoms with E-state index in [1.165, 1.54) is 33.7 Å². The Morgan fingerprint density at radius 1 is 1.38 bits per heavy atom. The summed E-state index contributed by atoms with van der Waals surface area (Å²) in [6.07, 6.45) is 3.61.